The number of ether oxygens (including phenoxy) is 1. The van der Waals surface area contributed by atoms with Gasteiger partial charge >= 0.3 is 6.09 Å². The number of ketones is 1. The molecule has 12 heteroatoms. The van der Waals surface area contributed by atoms with Crippen molar-refractivity contribution < 1.29 is 23.9 Å². The molecule has 206 valence electrons. The van der Waals surface area contributed by atoms with Crippen molar-refractivity contribution in [3.63, 3.8) is 0 Å². The van der Waals surface area contributed by atoms with Crippen LogP contribution in [0.3, 0.4) is 0 Å². The van der Waals surface area contributed by atoms with Gasteiger partial charge < -0.3 is 20.3 Å². The number of rotatable bonds is 8. The number of carbonyl (C=O) groups excluding carboxylic acids is 4. The molecule has 3 amide bonds. The molecule has 4 rings (SSSR count). The van der Waals surface area contributed by atoms with Crippen LogP contribution in [0, 0.1) is 12.3 Å². The predicted octanol–water partition coefficient (Wildman–Crippen LogP) is 2.10. The van der Waals surface area contributed by atoms with Crippen LogP contribution in [0.5, 0.6) is 0 Å². The average molecular weight is 536 g/mol. The van der Waals surface area contributed by atoms with Gasteiger partial charge in [0.1, 0.15) is 18.1 Å². The third kappa shape index (κ3) is 6.21. The number of nitrogens with one attached hydrogen (secondary N) is 2. The van der Waals surface area contributed by atoms with Gasteiger partial charge in [-0.2, -0.15) is 5.10 Å². The predicted molar refractivity (Wildman–Crippen MR) is 143 cm³/mol. The van der Waals surface area contributed by atoms with Crippen molar-refractivity contribution in [2.75, 3.05) is 26.7 Å². The monoisotopic (exact) mass is 535 g/mol. The Balaban J connectivity index is 1.47. The summed E-state index contributed by atoms with van der Waals surface area (Å²) < 4.78 is 6.04. The summed E-state index contributed by atoms with van der Waals surface area (Å²) in [5.41, 5.74) is 2.32. The number of alkyl carbamates (subject to hydrolysis) is 1. The second kappa shape index (κ2) is 11.2. The zero-order chi connectivity index (χ0) is 28.3. The van der Waals surface area contributed by atoms with E-state index in [9.17, 15) is 19.2 Å². The van der Waals surface area contributed by atoms with E-state index in [-0.39, 0.29) is 42.1 Å². The van der Waals surface area contributed by atoms with Crippen LogP contribution in [0.4, 0.5) is 4.79 Å². The first-order valence-corrected chi connectivity index (χ1v) is 12.7. The lowest BCUT2D eigenvalue weighted by molar-refractivity contribution is -0.132. The van der Waals surface area contributed by atoms with Crippen LogP contribution in [0.2, 0.25) is 0 Å². The van der Waals surface area contributed by atoms with Crippen LogP contribution < -0.4 is 10.6 Å². The first kappa shape index (κ1) is 27.7. The van der Waals surface area contributed by atoms with E-state index in [2.05, 4.69) is 30.4 Å². The molecular weight excluding hydrogens is 502 g/mol. The van der Waals surface area contributed by atoms with Crippen LogP contribution >= 0.6 is 0 Å². The van der Waals surface area contributed by atoms with Crippen molar-refractivity contribution in [3.8, 4) is 11.1 Å². The fourth-order valence-electron chi connectivity index (χ4n) is 5.02. The Morgan fingerprint density at radius 3 is 2.51 bits per heavy atom. The molecule has 12 nitrogen and oxygen atoms in total. The van der Waals surface area contributed by atoms with E-state index in [4.69, 9.17) is 0 Å². The molecule has 0 bridgehead atoms. The Morgan fingerprint density at radius 2 is 1.85 bits per heavy atom. The standard InChI is InChI=1S/C27H33N7O5/c1-16-9-27(4,14-31-23(36)12-30-26(38)39-5)15-33(16)24(37)13-34-22-7-6-19(20-10-28-18(3)29-11-20)8-21(22)25(32-34)17(2)35/h6-8,10-11,16H,9,12-15H2,1-5H3,(H,30,38)(H,31,36)/t16-,27?/m1/s1. The fourth-order valence-corrected chi connectivity index (χ4v) is 5.02. The summed E-state index contributed by atoms with van der Waals surface area (Å²) in [5.74, 6) is 0.0136. The van der Waals surface area contributed by atoms with Gasteiger partial charge in [-0.05, 0) is 38.0 Å². The highest BCUT2D eigenvalue weighted by Crippen LogP contribution is 2.34. The van der Waals surface area contributed by atoms with E-state index in [1.54, 1.807) is 22.0 Å². The van der Waals surface area contributed by atoms with E-state index in [1.807, 2.05) is 39.0 Å². The number of nitrogens with zero attached hydrogens (tertiary/aromatic N) is 5. The van der Waals surface area contributed by atoms with Crippen molar-refractivity contribution >= 4 is 34.6 Å². The minimum Gasteiger partial charge on any atom is -0.453 e. The largest absolute Gasteiger partial charge is 0.453 e. The van der Waals surface area contributed by atoms with E-state index >= 15 is 0 Å². The lowest BCUT2D eigenvalue weighted by Crippen LogP contribution is -2.43. The molecule has 1 saturated heterocycles. The lowest BCUT2D eigenvalue weighted by atomic mass is 9.88. The molecular formula is C27H33N7O5. The minimum atomic E-state index is -0.679. The molecule has 3 aromatic rings. The van der Waals surface area contributed by atoms with Crippen molar-refractivity contribution in [1.82, 2.24) is 35.3 Å². The number of aromatic nitrogens is 4. The van der Waals surface area contributed by atoms with Crippen LogP contribution in [0.25, 0.3) is 22.0 Å². The van der Waals surface area contributed by atoms with Crippen LogP contribution in [0.15, 0.2) is 30.6 Å². The molecule has 0 saturated carbocycles. The van der Waals surface area contributed by atoms with Crippen molar-refractivity contribution in [1.29, 1.82) is 0 Å². The lowest BCUT2D eigenvalue weighted by Gasteiger charge is -2.25. The number of benzene rings is 1. The highest BCUT2D eigenvalue weighted by atomic mass is 16.5. The quantitative estimate of drug-likeness (QED) is 0.417. The summed E-state index contributed by atoms with van der Waals surface area (Å²) in [4.78, 5) is 59.4. The molecule has 1 fully saturated rings. The molecule has 0 radical (unpaired) electrons. The van der Waals surface area contributed by atoms with E-state index < -0.39 is 6.09 Å². The average Bonchev–Trinajstić information content (AvgIpc) is 3.42. The van der Waals surface area contributed by atoms with Gasteiger partial charge in [0, 0.05) is 54.8 Å². The molecule has 3 heterocycles. The van der Waals surface area contributed by atoms with E-state index in [0.29, 0.717) is 41.9 Å². The summed E-state index contributed by atoms with van der Waals surface area (Å²) >= 11 is 0. The first-order chi connectivity index (χ1) is 18.5. The van der Waals surface area contributed by atoms with Gasteiger partial charge in [-0.3, -0.25) is 19.1 Å². The molecule has 0 spiro atoms. The van der Waals surface area contributed by atoms with E-state index in [0.717, 1.165) is 11.1 Å². The normalized spacial score (nSPS) is 18.7. The van der Waals surface area contributed by atoms with Gasteiger partial charge in [-0.1, -0.05) is 13.0 Å². The summed E-state index contributed by atoms with van der Waals surface area (Å²) in [6.07, 6.45) is 3.48. The smallest absolute Gasteiger partial charge is 0.407 e. The second-order valence-electron chi connectivity index (χ2n) is 10.3. The third-order valence-corrected chi connectivity index (χ3v) is 6.97. The SMILES string of the molecule is COC(=O)NCC(=O)NCC1(C)C[C@@H](C)N(C(=O)Cn2nc(C(C)=O)c3cc(-c4cnc(C)nc4)ccc32)C1. The number of amides is 3. The maximum atomic E-state index is 13.4. The summed E-state index contributed by atoms with van der Waals surface area (Å²) in [6, 6.07) is 5.58. The first-order valence-electron chi connectivity index (χ1n) is 12.7. The van der Waals surface area contributed by atoms with Gasteiger partial charge in [-0.25, -0.2) is 14.8 Å². The number of carbonyl (C=O) groups is 4. The molecule has 0 aliphatic carbocycles. The Morgan fingerprint density at radius 1 is 1.13 bits per heavy atom. The van der Waals surface area contributed by atoms with Crippen LogP contribution in [-0.4, -0.2) is 81.1 Å². The van der Waals surface area contributed by atoms with Gasteiger partial charge in [0.05, 0.1) is 19.2 Å². The van der Waals surface area contributed by atoms with Crippen molar-refractivity contribution in [3.05, 3.63) is 42.1 Å². The molecule has 39 heavy (non-hydrogen) atoms. The number of aryl methyl sites for hydroxylation is 1. The summed E-state index contributed by atoms with van der Waals surface area (Å²) in [5, 5.41) is 10.3. The summed E-state index contributed by atoms with van der Waals surface area (Å²) in [6.45, 7) is 7.85. The summed E-state index contributed by atoms with van der Waals surface area (Å²) in [7, 11) is 1.23. The molecule has 1 unspecified atom stereocenters. The van der Waals surface area contributed by atoms with Gasteiger partial charge in [0.15, 0.2) is 5.78 Å². The third-order valence-electron chi connectivity index (χ3n) is 6.97. The molecule has 2 aromatic heterocycles. The Bertz CT molecular complexity index is 1420. The second-order valence-corrected chi connectivity index (χ2v) is 10.3. The zero-order valence-electron chi connectivity index (χ0n) is 22.8. The fraction of sp³-hybridized carbons (Fsp3) is 0.444. The number of hydrogen-bond acceptors (Lipinski definition) is 8. The zero-order valence-corrected chi connectivity index (χ0v) is 22.8. The molecule has 2 N–H and O–H groups in total. The topological polar surface area (TPSA) is 148 Å². The highest BCUT2D eigenvalue weighted by Gasteiger charge is 2.41. The van der Waals surface area contributed by atoms with Crippen molar-refractivity contribution in [2.24, 2.45) is 5.41 Å². The molecule has 2 atom stereocenters. The number of Topliss-reactive ketones (excluding diaryl/α,β-unsaturated/α-hetero) is 1. The maximum absolute atomic E-state index is 13.4. The number of fused-ring (bicyclic) bond motifs is 1. The van der Waals surface area contributed by atoms with Crippen LogP contribution in [-0.2, 0) is 20.9 Å². The Hall–Kier alpha value is -4.35. The number of methoxy groups -OCH3 is 1. The van der Waals surface area contributed by atoms with Gasteiger partial charge in [-0.15, -0.1) is 0 Å². The van der Waals surface area contributed by atoms with Gasteiger partial charge in [0.25, 0.3) is 0 Å². The van der Waals surface area contributed by atoms with E-state index in [1.165, 1.54) is 14.0 Å². The number of likely N-dealkylation sites (tertiary alicyclic amines) is 1. The Kier molecular flexibility index (Phi) is 7.93. The molecule has 1 aliphatic heterocycles. The number of hydrogen-bond donors (Lipinski definition) is 2. The highest BCUT2D eigenvalue weighted by molar-refractivity contribution is 6.06. The van der Waals surface area contributed by atoms with Gasteiger partial charge in [0.2, 0.25) is 11.8 Å². The molecule has 1 aliphatic rings. The van der Waals surface area contributed by atoms with Crippen LogP contribution in [0.1, 0.15) is 43.5 Å². The Labute approximate surface area is 226 Å². The maximum Gasteiger partial charge on any atom is 0.407 e. The molecule has 1 aromatic carbocycles. The van der Waals surface area contributed by atoms with Crippen molar-refractivity contribution in [2.45, 2.75) is 46.7 Å². The minimum absolute atomic E-state index is 0.0212.